The van der Waals surface area contributed by atoms with Crippen LogP contribution in [-0.2, 0) is 6.54 Å². The van der Waals surface area contributed by atoms with Crippen LogP contribution in [0.1, 0.15) is 22.8 Å². The van der Waals surface area contributed by atoms with Crippen LogP contribution < -0.4 is 10.6 Å². The third-order valence-corrected chi connectivity index (χ3v) is 3.19. The van der Waals surface area contributed by atoms with E-state index < -0.39 is 17.3 Å². The van der Waals surface area contributed by atoms with E-state index in [2.05, 4.69) is 4.98 Å². The van der Waals surface area contributed by atoms with Crippen molar-refractivity contribution in [1.82, 2.24) is 4.98 Å². The Morgan fingerprint density at radius 3 is 2.62 bits per heavy atom. The molecule has 0 saturated heterocycles. The molecule has 0 spiro atoms. The van der Waals surface area contributed by atoms with Crippen molar-refractivity contribution >= 4 is 17.3 Å². The number of aromatic carboxylic acids is 1. The third kappa shape index (κ3) is 3.28. The van der Waals surface area contributed by atoms with Crippen molar-refractivity contribution in [3.05, 3.63) is 53.6 Å². The molecule has 0 aliphatic heterocycles. The number of anilines is 2. The summed E-state index contributed by atoms with van der Waals surface area (Å²) >= 11 is 0. The van der Waals surface area contributed by atoms with Gasteiger partial charge in [0.05, 0.1) is 16.9 Å². The minimum absolute atomic E-state index is 0.240. The Balaban J connectivity index is 2.34. The summed E-state index contributed by atoms with van der Waals surface area (Å²) in [6, 6.07) is 6.05. The van der Waals surface area contributed by atoms with Gasteiger partial charge in [-0.05, 0) is 30.7 Å². The van der Waals surface area contributed by atoms with E-state index in [1.807, 2.05) is 24.0 Å². The minimum atomic E-state index is -1.33. The third-order valence-electron chi connectivity index (χ3n) is 3.19. The van der Waals surface area contributed by atoms with E-state index in [1.165, 1.54) is 6.07 Å². The first kappa shape index (κ1) is 14.8. The fraction of sp³-hybridized carbons (Fsp3) is 0.200. The van der Waals surface area contributed by atoms with Crippen LogP contribution in [0.5, 0.6) is 0 Å². The number of aromatic nitrogens is 1. The van der Waals surface area contributed by atoms with Crippen LogP contribution >= 0.6 is 0 Å². The summed E-state index contributed by atoms with van der Waals surface area (Å²) in [6.45, 7) is 3.07. The molecular weight excluding hydrogens is 273 g/mol. The number of nitrogens with zero attached hydrogens (tertiary/aromatic N) is 2. The van der Waals surface area contributed by atoms with E-state index >= 15 is 0 Å². The first-order valence-corrected chi connectivity index (χ1v) is 6.49. The summed E-state index contributed by atoms with van der Waals surface area (Å²) in [4.78, 5) is 16.7. The van der Waals surface area contributed by atoms with Crippen LogP contribution in [0.4, 0.5) is 15.8 Å². The van der Waals surface area contributed by atoms with E-state index in [0.29, 0.717) is 18.8 Å². The first-order valence-electron chi connectivity index (χ1n) is 6.49. The SMILES string of the molecule is CCN(Cc1ccncc1)c1cc(F)c(C(=O)O)cc1N. The Labute approximate surface area is 121 Å². The molecule has 0 bridgehead atoms. The normalized spacial score (nSPS) is 10.4. The number of pyridine rings is 1. The number of benzene rings is 1. The van der Waals surface area contributed by atoms with Gasteiger partial charge in [0.1, 0.15) is 5.82 Å². The molecule has 2 aromatic rings. The lowest BCUT2D eigenvalue weighted by atomic mass is 10.1. The zero-order valence-electron chi connectivity index (χ0n) is 11.6. The van der Waals surface area contributed by atoms with Gasteiger partial charge in [0.25, 0.3) is 0 Å². The number of hydrogen-bond acceptors (Lipinski definition) is 4. The summed E-state index contributed by atoms with van der Waals surface area (Å²) in [5.74, 6) is -2.12. The molecule has 110 valence electrons. The number of carboxylic acids is 1. The van der Waals surface area contributed by atoms with Crippen LogP contribution in [-0.4, -0.2) is 22.6 Å². The highest BCUT2D eigenvalue weighted by Crippen LogP contribution is 2.28. The van der Waals surface area contributed by atoms with Gasteiger partial charge in [-0.2, -0.15) is 0 Å². The predicted octanol–water partition coefficient (Wildman–Crippen LogP) is 2.53. The molecule has 2 rings (SSSR count). The first-order chi connectivity index (χ1) is 10.0. The molecule has 1 aromatic carbocycles. The van der Waals surface area contributed by atoms with Gasteiger partial charge in [0.15, 0.2) is 0 Å². The Hall–Kier alpha value is -2.63. The topological polar surface area (TPSA) is 79.5 Å². The maximum atomic E-state index is 13.8. The van der Waals surface area contributed by atoms with E-state index in [4.69, 9.17) is 10.8 Å². The van der Waals surface area contributed by atoms with Gasteiger partial charge in [-0.15, -0.1) is 0 Å². The molecule has 0 radical (unpaired) electrons. The minimum Gasteiger partial charge on any atom is -0.478 e. The summed E-state index contributed by atoms with van der Waals surface area (Å²) in [5.41, 5.74) is 7.19. The largest absolute Gasteiger partial charge is 0.478 e. The Bertz CT molecular complexity index is 647. The maximum absolute atomic E-state index is 13.8. The average molecular weight is 289 g/mol. The molecule has 6 heteroatoms. The molecule has 0 aliphatic carbocycles. The van der Waals surface area contributed by atoms with E-state index in [9.17, 15) is 9.18 Å². The fourth-order valence-corrected chi connectivity index (χ4v) is 2.09. The molecule has 0 unspecified atom stereocenters. The van der Waals surface area contributed by atoms with Crippen molar-refractivity contribution in [3.63, 3.8) is 0 Å². The van der Waals surface area contributed by atoms with Crippen molar-refractivity contribution < 1.29 is 14.3 Å². The predicted molar refractivity (Wildman–Crippen MR) is 78.7 cm³/mol. The molecule has 0 fully saturated rings. The summed E-state index contributed by atoms with van der Waals surface area (Å²) < 4.78 is 13.8. The molecule has 3 N–H and O–H groups in total. The standard InChI is InChI=1S/C15H16FN3O2/c1-2-19(9-10-3-5-18-6-4-10)14-8-12(16)11(15(20)21)7-13(14)17/h3-8H,2,9,17H2,1H3,(H,20,21). The number of nitrogens with two attached hydrogens (primary N) is 1. The second-order valence-electron chi connectivity index (χ2n) is 4.57. The Morgan fingerprint density at radius 2 is 2.05 bits per heavy atom. The van der Waals surface area contributed by atoms with Crippen molar-refractivity contribution in [3.8, 4) is 0 Å². The Kier molecular flexibility index (Phi) is 4.37. The molecule has 1 heterocycles. The highest BCUT2D eigenvalue weighted by molar-refractivity contribution is 5.90. The number of carboxylic acid groups (broad SMARTS) is 1. The highest BCUT2D eigenvalue weighted by atomic mass is 19.1. The summed E-state index contributed by atoms with van der Waals surface area (Å²) in [7, 11) is 0. The van der Waals surface area contributed by atoms with Crippen LogP contribution in [0, 0.1) is 5.82 Å². The number of rotatable bonds is 5. The lowest BCUT2D eigenvalue weighted by Crippen LogP contribution is -2.23. The highest BCUT2D eigenvalue weighted by Gasteiger charge is 2.17. The van der Waals surface area contributed by atoms with Gasteiger partial charge < -0.3 is 15.7 Å². The van der Waals surface area contributed by atoms with Gasteiger partial charge in [0, 0.05) is 31.5 Å². The smallest absolute Gasteiger partial charge is 0.338 e. The van der Waals surface area contributed by atoms with Gasteiger partial charge >= 0.3 is 5.97 Å². The van der Waals surface area contributed by atoms with Crippen molar-refractivity contribution in [1.29, 1.82) is 0 Å². The number of hydrogen-bond donors (Lipinski definition) is 2. The van der Waals surface area contributed by atoms with Crippen molar-refractivity contribution in [2.45, 2.75) is 13.5 Å². The fourth-order valence-electron chi connectivity index (χ4n) is 2.09. The Morgan fingerprint density at radius 1 is 1.38 bits per heavy atom. The number of halogens is 1. The molecule has 21 heavy (non-hydrogen) atoms. The maximum Gasteiger partial charge on any atom is 0.338 e. The van der Waals surface area contributed by atoms with Gasteiger partial charge in [-0.25, -0.2) is 9.18 Å². The van der Waals surface area contributed by atoms with Gasteiger partial charge in [-0.1, -0.05) is 0 Å². The van der Waals surface area contributed by atoms with Crippen LogP contribution in [0.3, 0.4) is 0 Å². The lowest BCUT2D eigenvalue weighted by molar-refractivity contribution is 0.0692. The van der Waals surface area contributed by atoms with Crippen LogP contribution in [0.25, 0.3) is 0 Å². The molecule has 0 aliphatic rings. The summed E-state index contributed by atoms with van der Waals surface area (Å²) in [5, 5.41) is 8.90. The molecular formula is C15H16FN3O2. The van der Waals surface area contributed by atoms with E-state index in [1.54, 1.807) is 12.4 Å². The molecule has 5 nitrogen and oxygen atoms in total. The van der Waals surface area contributed by atoms with E-state index in [0.717, 1.165) is 11.6 Å². The molecule has 0 amide bonds. The quantitative estimate of drug-likeness (QED) is 0.827. The molecule has 0 atom stereocenters. The van der Waals surface area contributed by atoms with Crippen molar-refractivity contribution in [2.75, 3.05) is 17.2 Å². The monoisotopic (exact) mass is 289 g/mol. The molecule has 1 aromatic heterocycles. The average Bonchev–Trinajstić information content (AvgIpc) is 2.47. The summed E-state index contributed by atoms with van der Waals surface area (Å²) in [6.07, 6.45) is 3.36. The number of nitrogen functional groups attached to an aromatic ring is 1. The second-order valence-corrected chi connectivity index (χ2v) is 4.57. The van der Waals surface area contributed by atoms with Crippen LogP contribution in [0.2, 0.25) is 0 Å². The lowest BCUT2D eigenvalue weighted by Gasteiger charge is -2.25. The molecule has 0 saturated carbocycles. The zero-order chi connectivity index (χ0) is 15.4. The number of carbonyl (C=O) groups is 1. The van der Waals surface area contributed by atoms with Crippen LogP contribution in [0.15, 0.2) is 36.7 Å². The zero-order valence-corrected chi connectivity index (χ0v) is 11.6. The van der Waals surface area contributed by atoms with E-state index in [-0.39, 0.29) is 5.69 Å². The van der Waals surface area contributed by atoms with Gasteiger partial charge in [0.2, 0.25) is 0 Å². The van der Waals surface area contributed by atoms with Crippen molar-refractivity contribution in [2.24, 2.45) is 0 Å². The second kappa shape index (κ2) is 6.21. The van der Waals surface area contributed by atoms with Gasteiger partial charge in [-0.3, -0.25) is 4.98 Å².